The average Bonchev–Trinajstić information content (AvgIpc) is 3.22. The van der Waals surface area contributed by atoms with E-state index in [1.54, 1.807) is 6.26 Å². The number of furan rings is 1. The molecule has 1 aromatic carbocycles. The fourth-order valence-corrected chi connectivity index (χ4v) is 3.57. The Hall–Kier alpha value is -2.83. The van der Waals surface area contributed by atoms with Gasteiger partial charge >= 0.3 is 5.97 Å². The third-order valence-electron chi connectivity index (χ3n) is 5.08. The molecule has 0 fully saturated rings. The molecule has 1 aliphatic carbocycles. The summed E-state index contributed by atoms with van der Waals surface area (Å²) < 4.78 is 5.63. The Kier molecular flexibility index (Phi) is 5.48. The van der Waals surface area contributed by atoms with Crippen molar-refractivity contribution < 1.29 is 23.9 Å². The highest BCUT2D eigenvalue weighted by Crippen LogP contribution is 2.30. The summed E-state index contributed by atoms with van der Waals surface area (Å²) in [6.45, 7) is 3.19. The van der Waals surface area contributed by atoms with Gasteiger partial charge in [-0.25, -0.2) is 4.79 Å². The van der Waals surface area contributed by atoms with Crippen LogP contribution in [-0.4, -0.2) is 46.9 Å². The lowest BCUT2D eigenvalue weighted by Gasteiger charge is -2.26. The highest BCUT2D eigenvalue weighted by molar-refractivity contribution is 5.90. The Bertz CT molecular complexity index is 886. The molecule has 1 unspecified atom stereocenters. The van der Waals surface area contributed by atoms with E-state index in [0.717, 1.165) is 35.8 Å². The lowest BCUT2D eigenvalue weighted by atomic mass is 10.0. The second-order valence-electron chi connectivity index (χ2n) is 6.99. The summed E-state index contributed by atoms with van der Waals surface area (Å²) >= 11 is 0. The number of carbonyl (C=O) groups is 3. The van der Waals surface area contributed by atoms with Gasteiger partial charge in [0, 0.05) is 31.0 Å². The van der Waals surface area contributed by atoms with Crippen LogP contribution in [0.4, 0.5) is 0 Å². The molecular formula is C20H24N2O5. The monoisotopic (exact) mass is 372 g/mol. The quantitative estimate of drug-likeness (QED) is 0.773. The van der Waals surface area contributed by atoms with Gasteiger partial charge in [-0.1, -0.05) is 0 Å². The SMILES string of the molecule is CC(=O)NCCN(C(=O)Cc1coc2cc3c(cc12)CCC3)C(C)C(=O)O. The van der Waals surface area contributed by atoms with Crippen molar-refractivity contribution in [1.29, 1.82) is 0 Å². The number of rotatable bonds is 7. The minimum absolute atomic E-state index is 0.0590. The Morgan fingerprint density at radius 2 is 1.96 bits per heavy atom. The smallest absolute Gasteiger partial charge is 0.326 e. The highest BCUT2D eigenvalue weighted by Gasteiger charge is 2.26. The highest BCUT2D eigenvalue weighted by atomic mass is 16.4. The van der Waals surface area contributed by atoms with Gasteiger partial charge in [-0.15, -0.1) is 0 Å². The van der Waals surface area contributed by atoms with Crippen molar-refractivity contribution >= 4 is 28.8 Å². The van der Waals surface area contributed by atoms with Gasteiger partial charge < -0.3 is 19.7 Å². The summed E-state index contributed by atoms with van der Waals surface area (Å²) in [6.07, 6.45) is 4.85. The predicted octanol–water partition coefficient (Wildman–Crippen LogP) is 1.90. The summed E-state index contributed by atoms with van der Waals surface area (Å²) in [7, 11) is 0. The number of benzene rings is 1. The first-order valence-electron chi connectivity index (χ1n) is 9.15. The number of aliphatic carboxylic acids is 1. The number of fused-ring (bicyclic) bond motifs is 2. The average molecular weight is 372 g/mol. The second-order valence-corrected chi connectivity index (χ2v) is 6.99. The standard InChI is InChI=1S/C20H24N2O5/c1-12(20(25)26)22(7-6-21-13(2)23)19(24)10-16-11-27-18-9-15-5-3-4-14(15)8-17(16)18/h8-9,11-12H,3-7,10H2,1-2H3,(H,21,23)(H,25,26). The van der Waals surface area contributed by atoms with Crippen LogP contribution in [0.25, 0.3) is 11.0 Å². The molecule has 7 nitrogen and oxygen atoms in total. The molecular weight excluding hydrogens is 348 g/mol. The second kappa shape index (κ2) is 7.82. The van der Waals surface area contributed by atoms with Gasteiger partial charge in [-0.2, -0.15) is 0 Å². The van der Waals surface area contributed by atoms with Gasteiger partial charge in [-0.3, -0.25) is 9.59 Å². The molecule has 0 bridgehead atoms. The molecule has 0 spiro atoms. The maximum absolute atomic E-state index is 12.8. The molecule has 1 atom stereocenters. The molecule has 0 aliphatic heterocycles. The first-order valence-corrected chi connectivity index (χ1v) is 9.15. The molecule has 0 radical (unpaired) electrons. The fourth-order valence-electron chi connectivity index (χ4n) is 3.57. The lowest BCUT2D eigenvalue weighted by Crippen LogP contribution is -2.47. The third-order valence-corrected chi connectivity index (χ3v) is 5.08. The molecule has 3 rings (SSSR count). The molecule has 2 aromatic rings. The summed E-state index contributed by atoms with van der Waals surface area (Å²) in [5.74, 6) is -1.61. The van der Waals surface area contributed by atoms with Crippen LogP contribution in [0.5, 0.6) is 0 Å². The maximum atomic E-state index is 12.8. The van der Waals surface area contributed by atoms with Crippen LogP contribution in [0.15, 0.2) is 22.8 Å². The number of amides is 2. The summed E-state index contributed by atoms with van der Waals surface area (Å²) in [6, 6.07) is 3.15. The van der Waals surface area contributed by atoms with Crippen molar-refractivity contribution in [2.75, 3.05) is 13.1 Å². The van der Waals surface area contributed by atoms with E-state index < -0.39 is 12.0 Å². The number of carbonyl (C=O) groups excluding carboxylic acids is 2. The number of aryl methyl sites for hydroxylation is 2. The van der Waals surface area contributed by atoms with Crippen LogP contribution < -0.4 is 5.32 Å². The summed E-state index contributed by atoms with van der Waals surface area (Å²) in [5.41, 5.74) is 4.10. The zero-order chi connectivity index (χ0) is 19.6. The van der Waals surface area contributed by atoms with Crippen molar-refractivity contribution in [2.45, 2.75) is 45.6 Å². The van der Waals surface area contributed by atoms with Crippen LogP contribution in [0, 0.1) is 0 Å². The van der Waals surface area contributed by atoms with Gasteiger partial charge in [0.15, 0.2) is 0 Å². The number of nitrogens with one attached hydrogen (secondary N) is 1. The predicted molar refractivity (Wildman–Crippen MR) is 99.4 cm³/mol. The van der Waals surface area contributed by atoms with Crippen molar-refractivity contribution in [2.24, 2.45) is 0 Å². The summed E-state index contributed by atoms with van der Waals surface area (Å²) in [5, 5.41) is 12.8. The number of hydrogen-bond acceptors (Lipinski definition) is 4. The van der Waals surface area contributed by atoms with Crippen LogP contribution in [-0.2, 0) is 33.6 Å². The molecule has 0 saturated heterocycles. The number of carboxylic acid groups (broad SMARTS) is 1. The van der Waals surface area contributed by atoms with E-state index in [0.29, 0.717) is 0 Å². The first-order chi connectivity index (χ1) is 12.9. The first kappa shape index (κ1) is 18.9. The van der Waals surface area contributed by atoms with Gasteiger partial charge in [0.2, 0.25) is 11.8 Å². The molecule has 0 saturated carbocycles. The van der Waals surface area contributed by atoms with E-state index in [-0.39, 0.29) is 31.3 Å². The van der Waals surface area contributed by atoms with Crippen molar-refractivity contribution in [3.8, 4) is 0 Å². The zero-order valence-corrected chi connectivity index (χ0v) is 15.6. The fraction of sp³-hybridized carbons (Fsp3) is 0.450. The topological polar surface area (TPSA) is 99.9 Å². The van der Waals surface area contributed by atoms with Crippen molar-refractivity contribution in [1.82, 2.24) is 10.2 Å². The van der Waals surface area contributed by atoms with Crippen LogP contribution in [0.1, 0.15) is 37.0 Å². The van der Waals surface area contributed by atoms with Crippen molar-refractivity contribution in [3.63, 3.8) is 0 Å². The number of carboxylic acids is 1. The Balaban J connectivity index is 1.79. The van der Waals surface area contributed by atoms with Crippen LogP contribution in [0.2, 0.25) is 0 Å². The van der Waals surface area contributed by atoms with E-state index >= 15 is 0 Å². The molecule has 27 heavy (non-hydrogen) atoms. The molecule has 2 N–H and O–H groups in total. The van der Waals surface area contributed by atoms with Crippen molar-refractivity contribution in [3.05, 3.63) is 35.1 Å². The molecule has 7 heteroatoms. The Morgan fingerprint density at radius 3 is 2.63 bits per heavy atom. The minimum Gasteiger partial charge on any atom is -0.480 e. The number of hydrogen-bond donors (Lipinski definition) is 2. The Labute approximate surface area is 157 Å². The zero-order valence-electron chi connectivity index (χ0n) is 15.6. The number of nitrogens with zero attached hydrogens (tertiary/aromatic N) is 1. The van der Waals surface area contributed by atoms with E-state index in [4.69, 9.17) is 4.42 Å². The Morgan fingerprint density at radius 1 is 1.26 bits per heavy atom. The summed E-state index contributed by atoms with van der Waals surface area (Å²) in [4.78, 5) is 36.5. The molecule has 1 aliphatic rings. The van der Waals surface area contributed by atoms with E-state index in [2.05, 4.69) is 11.4 Å². The van der Waals surface area contributed by atoms with Crippen LogP contribution in [0.3, 0.4) is 0 Å². The van der Waals surface area contributed by atoms with Gasteiger partial charge in [0.1, 0.15) is 11.6 Å². The third kappa shape index (κ3) is 4.13. The van der Waals surface area contributed by atoms with Gasteiger partial charge in [0.25, 0.3) is 0 Å². The van der Waals surface area contributed by atoms with Gasteiger partial charge in [0.05, 0.1) is 12.7 Å². The van der Waals surface area contributed by atoms with E-state index in [9.17, 15) is 19.5 Å². The largest absolute Gasteiger partial charge is 0.480 e. The van der Waals surface area contributed by atoms with Gasteiger partial charge in [-0.05, 0) is 49.4 Å². The minimum atomic E-state index is -1.08. The molecule has 144 valence electrons. The normalized spacial score (nSPS) is 14.0. The molecule has 1 aromatic heterocycles. The van der Waals surface area contributed by atoms with Crippen LogP contribution >= 0.6 is 0 Å². The lowest BCUT2D eigenvalue weighted by molar-refractivity contribution is -0.149. The van der Waals surface area contributed by atoms with E-state index in [1.165, 1.54) is 29.9 Å². The maximum Gasteiger partial charge on any atom is 0.326 e. The van der Waals surface area contributed by atoms with E-state index in [1.807, 2.05) is 6.07 Å². The molecule has 2 amide bonds. The molecule has 1 heterocycles.